The quantitative estimate of drug-likeness (QED) is 0.444. The lowest BCUT2D eigenvalue weighted by molar-refractivity contribution is 1.42. The van der Waals surface area contributed by atoms with E-state index in [9.17, 15) is 10.2 Å². The fourth-order valence-electron chi connectivity index (χ4n) is 1.84. The maximum atomic E-state index is 10.5. The van der Waals surface area contributed by atoms with E-state index in [1.807, 2.05) is 6.07 Å². The summed E-state index contributed by atoms with van der Waals surface area (Å²) in [5.74, 6) is 0. The van der Waals surface area contributed by atoms with Crippen molar-refractivity contribution in [1.82, 2.24) is 0 Å². The van der Waals surface area contributed by atoms with Crippen molar-refractivity contribution in [2.75, 3.05) is 11.1 Å². The first-order valence-electron chi connectivity index (χ1n) is 5.95. The van der Waals surface area contributed by atoms with Crippen LogP contribution in [-0.4, -0.2) is 0 Å². The number of rotatable bonds is 3. The third kappa shape index (κ3) is 3.01. The van der Waals surface area contributed by atoms with E-state index in [-0.39, 0.29) is 43.3 Å². The molecule has 0 amide bonds. The zero-order chi connectivity index (χ0) is 17.1. The number of nitrogen functional groups attached to an aromatic ring is 1. The highest BCUT2D eigenvalue weighted by Crippen LogP contribution is 2.43. The van der Waals surface area contributed by atoms with Crippen molar-refractivity contribution in [2.45, 2.75) is 0 Å². The maximum absolute atomic E-state index is 10.5. The molecule has 0 saturated carbocycles. The van der Waals surface area contributed by atoms with Gasteiger partial charge in [0.05, 0.1) is 43.3 Å². The van der Waals surface area contributed by atoms with Crippen LogP contribution in [0.25, 0.3) is 0 Å². The number of anilines is 3. The van der Waals surface area contributed by atoms with Crippen LogP contribution in [0.15, 0.2) is 23.4 Å². The Balaban J connectivity index is 2.64. The van der Waals surface area contributed by atoms with Gasteiger partial charge >= 0.3 is 0 Å². The first-order chi connectivity index (χ1) is 10.9. The SMILES string of the molecule is N#Cc1c(Cl)c(Cl)c(Nc2ccc(N=O)cc2N)c(C#N)c1Cl. The summed E-state index contributed by atoms with van der Waals surface area (Å²) in [4.78, 5) is 10.5. The maximum Gasteiger partial charge on any atom is 0.110 e. The van der Waals surface area contributed by atoms with Crippen molar-refractivity contribution in [3.05, 3.63) is 49.3 Å². The molecule has 9 heteroatoms. The molecule has 23 heavy (non-hydrogen) atoms. The molecule has 2 aromatic rings. The molecule has 2 rings (SSSR count). The van der Waals surface area contributed by atoms with E-state index >= 15 is 0 Å². The smallest absolute Gasteiger partial charge is 0.110 e. The van der Waals surface area contributed by atoms with Gasteiger partial charge in [0, 0.05) is 0 Å². The minimum Gasteiger partial charge on any atom is -0.397 e. The summed E-state index contributed by atoms with van der Waals surface area (Å²) in [5.41, 5.74) is 6.51. The van der Waals surface area contributed by atoms with Gasteiger partial charge in [0.1, 0.15) is 17.8 Å². The van der Waals surface area contributed by atoms with Crippen LogP contribution in [0.3, 0.4) is 0 Å². The van der Waals surface area contributed by atoms with Gasteiger partial charge < -0.3 is 11.1 Å². The largest absolute Gasteiger partial charge is 0.397 e. The Bertz CT molecular complexity index is 899. The summed E-state index contributed by atoms with van der Waals surface area (Å²) in [5, 5.41) is 23.7. The van der Waals surface area contributed by atoms with Gasteiger partial charge in [0.25, 0.3) is 0 Å². The van der Waals surface area contributed by atoms with Crippen molar-refractivity contribution >= 4 is 57.6 Å². The van der Waals surface area contributed by atoms with Crippen molar-refractivity contribution in [3.63, 3.8) is 0 Å². The molecule has 0 unspecified atom stereocenters. The molecule has 0 aliphatic heterocycles. The van der Waals surface area contributed by atoms with E-state index in [0.29, 0.717) is 5.69 Å². The molecule has 0 saturated heterocycles. The minimum atomic E-state index is -0.114. The predicted molar refractivity (Wildman–Crippen MR) is 90.5 cm³/mol. The zero-order valence-electron chi connectivity index (χ0n) is 11.2. The molecule has 0 radical (unpaired) electrons. The molecule has 114 valence electrons. The number of nitrogens with zero attached hydrogens (tertiary/aromatic N) is 3. The van der Waals surface area contributed by atoms with Crippen molar-refractivity contribution < 1.29 is 0 Å². The molecule has 6 nitrogen and oxygen atoms in total. The topological polar surface area (TPSA) is 115 Å². The Morgan fingerprint density at radius 1 is 1.04 bits per heavy atom. The van der Waals surface area contributed by atoms with E-state index in [1.165, 1.54) is 18.2 Å². The van der Waals surface area contributed by atoms with Gasteiger partial charge in [0.2, 0.25) is 0 Å². The average Bonchev–Trinajstić information content (AvgIpc) is 2.54. The molecular formula is C14H6Cl3N5O. The Morgan fingerprint density at radius 2 is 1.70 bits per heavy atom. The third-order valence-corrected chi connectivity index (χ3v) is 4.18. The van der Waals surface area contributed by atoms with Crippen LogP contribution >= 0.6 is 34.8 Å². The van der Waals surface area contributed by atoms with Gasteiger partial charge in [-0.3, -0.25) is 0 Å². The Morgan fingerprint density at radius 3 is 2.22 bits per heavy atom. The number of benzene rings is 2. The van der Waals surface area contributed by atoms with E-state index in [4.69, 9.17) is 45.8 Å². The summed E-state index contributed by atoms with van der Waals surface area (Å²) in [6.07, 6.45) is 0. The van der Waals surface area contributed by atoms with Crippen LogP contribution in [-0.2, 0) is 0 Å². The Hall–Kier alpha value is -2.51. The fraction of sp³-hybridized carbons (Fsp3) is 0. The summed E-state index contributed by atoms with van der Waals surface area (Å²) in [6, 6.07) is 7.94. The number of nitriles is 2. The number of halogens is 3. The highest BCUT2D eigenvalue weighted by molar-refractivity contribution is 6.46. The molecule has 0 fully saturated rings. The van der Waals surface area contributed by atoms with Gasteiger partial charge in [-0.25, -0.2) is 0 Å². The molecule has 0 spiro atoms. The molecule has 0 aromatic heterocycles. The second kappa shape index (κ2) is 6.72. The zero-order valence-corrected chi connectivity index (χ0v) is 13.5. The van der Waals surface area contributed by atoms with Crippen LogP contribution in [0.2, 0.25) is 15.1 Å². The molecule has 0 heterocycles. The first kappa shape index (κ1) is 16.9. The van der Waals surface area contributed by atoms with E-state index in [2.05, 4.69) is 10.5 Å². The molecule has 0 aliphatic carbocycles. The molecular weight excluding hydrogens is 361 g/mol. The van der Waals surface area contributed by atoms with Crippen molar-refractivity contribution in [2.24, 2.45) is 5.18 Å². The molecule has 2 aromatic carbocycles. The standard InChI is InChI=1S/C14H6Cl3N5O/c15-11-7(4-18)12(16)13(17)14(8(11)5-19)21-10-2-1-6(22-23)3-9(10)20/h1-3,21H,20H2. The van der Waals surface area contributed by atoms with Gasteiger partial charge in [-0.15, -0.1) is 4.91 Å². The lowest BCUT2D eigenvalue weighted by Gasteiger charge is -2.15. The fourth-order valence-corrected chi connectivity index (χ4v) is 2.63. The number of nitrogens with two attached hydrogens (primary N) is 1. The predicted octanol–water partition coefficient (Wildman–Crippen LogP) is 5.11. The first-order valence-corrected chi connectivity index (χ1v) is 7.08. The van der Waals surface area contributed by atoms with Crippen LogP contribution in [0.4, 0.5) is 22.7 Å². The summed E-state index contributed by atoms with van der Waals surface area (Å²) >= 11 is 18.2. The van der Waals surface area contributed by atoms with Crippen molar-refractivity contribution in [1.29, 1.82) is 10.5 Å². The number of nitroso groups, excluding NO2 is 1. The van der Waals surface area contributed by atoms with E-state index in [0.717, 1.165) is 0 Å². The second-order valence-electron chi connectivity index (χ2n) is 4.28. The van der Waals surface area contributed by atoms with Crippen LogP contribution < -0.4 is 11.1 Å². The minimum absolute atomic E-state index is 0.0406. The Kier molecular flexibility index (Phi) is 4.92. The van der Waals surface area contributed by atoms with Crippen LogP contribution in [0.1, 0.15) is 11.1 Å². The van der Waals surface area contributed by atoms with Crippen molar-refractivity contribution in [3.8, 4) is 12.1 Å². The summed E-state index contributed by atoms with van der Waals surface area (Å²) in [7, 11) is 0. The van der Waals surface area contributed by atoms with Gasteiger partial charge in [-0.05, 0) is 23.4 Å². The number of hydrogen-bond acceptors (Lipinski definition) is 6. The number of nitrogens with one attached hydrogen (secondary N) is 1. The highest BCUT2D eigenvalue weighted by Gasteiger charge is 2.22. The Labute approximate surface area is 145 Å². The second-order valence-corrected chi connectivity index (χ2v) is 5.41. The summed E-state index contributed by atoms with van der Waals surface area (Å²) < 4.78 is 0. The van der Waals surface area contributed by atoms with Crippen LogP contribution in [0.5, 0.6) is 0 Å². The summed E-state index contributed by atoms with van der Waals surface area (Å²) in [6.45, 7) is 0. The van der Waals surface area contributed by atoms with Gasteiger partial charge in [0.15, 0.2) is 0 Å². The van der Waals surface area contributed by atoms with Gasteiger partial charge in [-0.1, -0.05) is 34.8 Å². The van der Waals surface area contributed by atoms with E-state index < -0.39 is 0 Å². The highest BCUT2D eigenvalue weighted by atomic mass is 35.5. The third-order valence-electron chi connectivity index (χ3n) is 2.94. The molecule has 3 N–H and O–H groups in total. The lowest BCUT2D eigenvalue weighted by atomic mass is 10.1. The van der Waals surface area contributed by atoms with E-state index in [1.54, 1.807) is 6.07 Å². The molecule has 0 aliphatic rings. The lowest BCUT2D eigenvalue weighted by Crippen LogP contribution is -2.01. The number of hydrogen-bond donors (Lipinski definition) is 2. The van der Waals surface area contributed by atoms with Gasteiger partial charge in [-0.2, -0.15) is 10.5 Å². The average molecular weight is 367 g/mol. The van der Waals surface area contributed by atoms with Crippen LogP contribution in [0, 0.1) is 27.6 Å². The normalized spacial score (nSPS) is 9.78. The molecule has 0 bridgehead atoms. The molecule has 0 atom stereocenters. The monoisotopic (exact) mass is 365 g/mol.